The van der Waals surface area contributed by atoms with E-state index in [4.69, 9.17) is 0 Å². The summed E-state index contributed by atoms with van der Waals surface area (Å²) < 4.78 is 3.98. The number of para-hydroxylation sites is 2. The van der Waals surface area contributed by atoms with E-state index in [1.807, 2.05) is 64.3 Å². The number of hydrogen-bond donors (Lipinski definition) is 0. The predicted octanol–water partition coefficient (Wildman–Crippen LogP) is 2.88. The van der Waals surface area contributed by atoms with Gasteiger partial charge in [0, 0.05) is 12.2 Å². The maximum Gasteiger partial charge on any atom is 0.243 e. The Morgan fingerprint density at radius 3 is 2.85 bits per heavy atom. The monoisotopic (exact) mass is 345 g/mol. The Bertz CT molecular complexity index is 1090. The van der Waals surface area contributed by atoms with Crippen LogP contribution in [0.25, 0.3) is 16.7 Å². The maximum atomic E-state index is 13.0. The van der Waals surface area contributed by atoms with Crippen LogP contribution in [0.15, 0.2) is 61.2 Å². The van der Waals surface area contributed by atoms with Crippen LogP contribution in [0.3, 0.4) is 0 Å². The van der Waals surface area contributed by atoms with Gasteiger partial charge in [-0.15, -0.1) is 0 Å². The van der Waals surface area contributed by atoms with Crippen molar-refractivity contribution in [2.45, 2.75) is 32.0 Å². The summed E-state index contributed by atoms with van der Waals surface area (Å²) in [5.74, 6) is 0.126. The molecule has 6 nitrogen and oxygen atoms in total. The predicted molar refractivity (Wildman–Crippen MR) is 98.5 cm³/mol. The molecule has 0 N–H and O–H groups in total. The molecule has 0 radical (unpaired) electrons. The third-order valence-corrected chi connectivity index (χ3v) is 4.97. The normalized spacial score (nSPS) is 14.2. The van der Waals surface area contributed by atoms with Crippen LogP contribution in [0.5, 0.6) is 0 Å². The standard InChI is InChI=1S/C20H19N5O/c26-20(13-23-14-22-17-5-1-2-6-18(17)23)25(15-8-9-15)12-16-11-21-19-7-3-4-10-24(16)19/h1-7,10-11,14-15H,8-9,12-13H2. The second kappa shape index (κ2) is 5.98. The van der Waals surface area contributed by atoms with Crippen LogP contribution >= 0.6 is 0 Å². The molecule has 4 aromatic rings. The first-order chi connectivity index (χ1) is 12.8. The molecule has 0 saturated heterocycles. The van der Waals surface area contributed by atoms with Crippen LogP contribution in [-0.2, 0) is 17.9 Å². The number of carbonyl (C=O) groups is 1. The van der Waals surface area contributed by atoms with Crippen molar-refractivity contribution < 1.29 is 4.79 Å². The first kappa shape index (κ1) is 15.1. The molecule has 1 fully saturated rings. The van der Waals surface area contributed by atoms with Crippen molar-refractivity contribution in [3.8, 4) is 0 Å². The summed E-state index contributed by atoms with van der Waals surface area (Å²) in [7, 11) is 0. The van der Waals surface area contributed by atoms with Gasteiger partial charge in [0.1, 0.15) is 12.2 Å². The van der Waals surface area contributed by atoms with Gasteiger partial charge in [-0.25, -0.2) is 9.97 Å². The summed E-state index contributed by atoms with van der Waals surface area (Å²) in [5, 5.41) is 0. The van der Waals surface area contributed by atoms with Gasteiger partial charge in [0.25, 0.3) is 0 Å². The number of imidazole rings is 2. The third kappa shape index (κ3) is 2.63. The summed E-state index contributed by atoms with van der Waals surface area (Å²) >= 11 is 0. The van der Waals surface area contributed by atoms with Gasteiger partial charge < -0.3 is 13.9 Å². The van der Waals surface area contributed by atoms with E-state index in [2.05, 4.69) is 14.4 Å². The molecular weight excluding hydrogens is 326 g/mol. The molecule has 1 amide bonds. The molecule has 0 aliphatic heterocycles. The molecule has 26 heavy (non-hydrogen) atoms. The molecule has 3 aromatic heterocycles. The Labute approximate surface area is 150 Å². The molecular formula is C20H19N5O. The minimum absolute atomic E-state index is 0.126. The Hall–Kier alpha value is -3.15. The van der Waals surface area contributed by atoms with E-state index >= 15 is 0 Å². The fourth-order valence-corrected chi connectivity index (χ4v) is 3.46. The number of aromatic nitrogens is 4. The lowest BCUT2D eigenvalue weighted by Gasteiger charge is -2.22. The van der Waals surface area contributed by atoms with Gasteiger partial charge in [0.15, 0.2) is 0 Å². The van der Waals surface area contributed by atoms with Gasteiger partial charge in [-0.3, -0.25) is 4.79 Å². The lowest BCUT2D eigenvalue weighted by atomic mass is 10.3. The maximum absolute atomic E-state index is 13.0. The average Bonchev–Trinajstić information content (AvgIpc) is 3.31. The zero-order valence-electron chi connectivity index (χ0n) is 14.3. The molecule has 1 saturated carbocycles. The summed E-state index contributed by atoms with van der Waals surface area (Å²) in [5.41, 5.74) is 3.86. The zero-order chi connectivity index (χ0) is 17.5. The fourth-order valence-electron chi connectivity index (χ4n) is 3.46. The van der Waals surface area contributed by atoms with Gasteiger partial charge in [0.05, 0.1) is 35.8 Å². The van der Waals surface area contributed by atoms with Crippen molar-refractivity contribution in [2.75, 3.05) is 0 Å². The summed E-state index contributed by atoms with van der Waals surface area (Å²) in [6.07, 6.45) is 7.77. The van der Waals surface area contributed by atoms with Crippen LogP contribution < -0.4 is 0 Å². The molecule has 0 bridgehead atoms. The zero-order valence-corrected chi connectivity index (χ0v) is 14.3. The first-order valence-corrected chi connectivity index (χ1v) is 8.90. The highest BCUT2D eigenvalue weighted by molar-refractivity contribution is 5.81. The lowest BCUT2D eigenvalue weighted by Crippen LogP contribution is -2.35. The highest BCUT2D eigenvalue weighted by Gasteiger charge is 2.33. The fraction of sp³-hybridized carbons (Fsp3) is 0.250. The molecule has 1 aromatic carbocycles. The Kier molecular flexibility index (Phi) is 3.48. The van der Waals surface area contributed by atoms with Gasteiger partial charge in [0.2, 0.25) is 5.91 Å². The molecule has 0 spiro atoms. The van der Waals surface area contributed by atoms with E-state index < -0.39 is 0 Å². The third-order valence-electron chi connectivity index (χ3n) is 4.97. The number of hydrogen-bond acceptors (Lipinski definition) is 3. The van der Waals surface area contributed by atoms with Gasteiger partial charge in [-0.05, 0) is 37.1 Å². The number of pyridine rings is 1. The van der Waals surface area contributed by atoms with Crippen LogP contribution in [-0.4, -0.2) is 35.8 Å². The van der Waals surface area contributed by atoms with Crippen LogP contribution in [0, 0.1) is 0 Å². The van der Waals surface area contributed by atoms with Crippen molar-refractivity contribution in [3.05, 3.63) is 66.9 Å². The number of amides is 1. The van der Waals surface area contributed by atoms with Crippen molar-refractivity contribution in [3.63, 3.8) is 0 Å². The lowest BCUT2D eigenvalue weighted by molar-refractivity contribution is -0.133. The highest BCUT2D eigenvalue weighted by atomic mass is 16.2. The van der Waals surface area contributed by atoms with Gasteiger partial charge >= 0.3 is 0 Å². The number of carbonyl (C=O) groups excluding carboxylic acids is 1. The average molecular weight is 345 g/mol. The summed E-state index contributed by atoms with van der Waals surface area (Å²) in [6.45, 7) is 0.898. The van der Waals surface area contributed by atoms with Crippen molar-refractivity contribution in [1.29, 1.82) is 0 Å². The Morgan fingerprint density at radius 1 is 1.12 bits per heavy atom. The number of fused-ring (bicyclic) bond motifs is 2. The quantitative estimate of drug-likeness (QED) is 0.559. The molecule has 1 aliphatic carbocycles. The minimum Gasteiger partial charge on any atom is -0.332 e. The second-order valence-corrected chi connectivity index (χ2v) is 6.79. The topological polar surface area (TPSA) is 55.4 Å². The highest BCUT2D eigenvalue weighted by Crippen LogP contribution is 2.29. The Morgan fingerprint density at radius 2 is 1.96 bits per heavy atom. The molecule has 0 atom stereocenters. The molecule has 6 heteroatoms. The Balaban J connectivity index is 1.41. The number of benzene rings is 1. The molecule has 1 aliphatic rings. The number of nitrogens with zero attached hydrogens (tertiary/aromatic N) is 5. The van der Waals surface area contributed by atoms with E-state index in [0.29, 0.717) is 19.1 Å². The van der Waals surface area contributed by atoms with Crippen molar-refractivity contribution >= 4 is 22.6 Å². The van der Waals surface area contributed by atoms with Crippen molar-refractivity contribution in [2.24, 2.45) is 0 Å². The minimum atomic E-state index is 0.126. The van der Waals surface area contributed by atoms with Gasteiger partial charge in [-0.1, -0.05) is 18.2 Å². The SMILES string of the molecule is O=C(Cn1cnc2ccccc21)N(Cc1cnc2ccccn12)C1CC1. The van der Waals surface area contributed by atoms with Crippen molar-refractivity contribution in [1.82, 2.24) is 23.8 Å². The largest absolute Gasteiger partial charge is 0.332 e. The molecule has 0 unspecified atom stereocenters. The summed E-state index contributed by atoms with van der Waals surface area (Å²) in [6, 6.07) is 14.2. The van der Waals surface area contributed by atoms with Crippen LogP contribution in [0.1, 0.15) is 18.5 Å². The first-order valence-electron chi connectivity index (χ1n) is 8.90. The molecule has 3 heterocycles. The smallest absolute Gasteiger partial charge is 0.243 e. The van der Waals surface area contributed by atoms with Crippen LogP contribution in [0.2, 0.25) is 0 Å². The number of rotatable bonds is 5. The van der Waals surface area contributed by atoms with E-state index in [-0.39, 0.29) is 5.91 Å². The van der Waals surface area contributed by atoms with E-state index in [9.17, 15) is 4.79 Å². The molecule has 130 valence electrons. The molecule has 5 rings (SSSR count). The summed E-state index contributed by atoms with van der Waals surface area (Å²) in [4.78, 5) is 23.9. The second-order valence-electron chi connectivity index (χ2n) is 6.79. The van der Waals surface area contributed by atoms with Crippen LogP contribution in [0.4, 0.5) is 0 Å². The van der Waals surface area contributed by atoms with E-state index in [0.717, 1.165) is 35.2 Å². The van der Waals surface area contributed by atoms with E-state index in [1.165, 1.54) is 0 Å². The van der Waals surface area contributed by atoms with E-state index in [1.54, 1.807) is 6.33 Å². The van der Waals surface area contributed by atoms with Gasteiger partial charge in [-0.2, -0.15) is 0 Å².